The van der Waals surface area contributed by atoms with Crippen LogP contribution in [0.3, 0.4) is 0 Å². The first-order valence-corrected chi connectivity index (χ1v) is 3.71. The van der Waals surface area contributed by atoms with Crippen LogP contribution in [0.1, 0.15) is 27.2 Å². The summed E-state index contributed by atoms with van der Waals surface area (Å²) >= 11 is 0. The Morgan fingerprint density at radius 3 is 2.42 bits per heavy atom. The van der Waals surface area contributed by atoms with E-state index in [2.05, 4.69) is 4.74 Å². The van der Waals surface area contributed by atoms with Gasteiger partial charge in [-0.2, -0.15) is 5.26 Å². The van der Waals surface area contributed by atoms with Gasteiger partial charge in [0.25, 0.3) is 0 Å². The van der Waals surface area contributed by atoms with Crippen molar-refractivity contribution in [1.29, 1.82) is 5.26 Å². The van der Waals surface area contributed by atoms with Crippen LogP contribution in [-0.4, -0.2) is 12.2 Å². The van der Waals surface area contributed by atoms with E-state index in [1.54, 1.807) is 0 Å². The van der Waals surface area contributed by atoms with E-state index in [1.807, 2.05) is 26.8 Å². The lowest BCUT2D eigenvalue weighted by Crippen LogP contribution is -2.25. The van der Waals surface area contributed by atoms with Gasteiger partial charge in [0.15, 0.2) is 6.10 Å². The Morgan fingerprint density at radius 2 is 2.17 bits per heavy atom. The summed E-state index contributed by atoms with van der Waals surface area (Å²) in [7, 11) is 0. The third-order valence-corrected chi connectivity index (χ3v) is 1.20. The van der Waals surface area contributed by atoms with E-state index in [0.29, 0.717) is 6.42 Å². The molecule has 1 unspecified atom stereocenters. The Kier molecular flexibility index (Phi) is 3.55. The highest BCUT2D eigenvalue weighted by Crippen LogP contribution is 2.21. The molecular weight excluding hydrogens is 156 g/mol. The standard InChI is InChI=1S/C8H14N2O2/c1-8(2,3)4-6(5-9)12-7(10)11/h6H,4H2,1-3H3,(H2,10,11). The molecule has 0 aromatic rings. The van der Waals surface area contributed by atoms with E-state index in [1.165, 1.54) is 0 Å². The van der Waals surface area contributed by atoms with E-state index in [-0.39, 0.29) is 5.41 Å². The van der Waals surface area contributed by atoms with Crippen molar-refractivity contribution >= 4 is 6.09 Å². The van der Waals surface area contributed by atoms with Crippen molar-refractivity contribution < 1.29 is 9.53 Å². The van der Waals surface area contributed by atoms with Gasteiger partial charge in [0, 0.05) is 6.42 Å². The molecule has 0 spiro atoms. The van der Waals surface area contributed by atoms with Crippen molar-refractivity contribution in [2.24, 2.45) is 11.1 Å². The average molecular weight is 170 g/mol. The maximum absolute atomic E-state index is 10.3. The molecule has 2 N–H and O–H groups in total. The fraction of sp³-hybridized carbons (Fsp3) is 0.750. The Bertz CT molecular complexity index is 200. The quantitative estimate of drug-likeness (QED) is 0.680. The lowest BCUT2D eigenvalue weighted by molar-refractivity contribution is 0.109. The fourth-order valence-electron chi connectivity index (χ4n) is 0.810. The van der Waals surface area contributed by atoms with E-state index in [0.717, 1.165) is 0 Å². The molecule has 0 radical (unpaired) electrons. The number of hydrogen-bond donors (Lipinski definition) is 1. The summed E-state index contributed by atoms with van der Waals surface area (Å²) in [4.78, 5) is 10.3. The Balaban J connectivity index is 4.03. The molecule has 4 nitrogen and oxygen atoms in total. The van der Waals surface area contributed by atoms with Crippen molar-refractivity contribution in [3.05, 3.63) is 0 Å². The van der Waals surface area contributed by atoms with Crippen LogP contribution in [0.4, 0.5) is 4.79 Å². The SMILES string of the molecule is CC(C)(C)CC(C#N)OC(N)=O. The average Bonchev–Trinajstić information content (AvgIpc) is 1.82. The minimum Gasteiger partial charge on any atom is -0.431 e. The maximum Gasteiger partial charge on any atom is 0.405 e. The van der Waals surface area contributed by atoms with Crippen LogP contribution in [-0.2, 0) is 4.74 Å². The number of carbonyl (C=O) groups excluding carboxylic acids is 1. The minimum absolute atomic E-state index is 0.0458. The molecular formula is C8H14N2O2. The highest BCUT2D eigenvalue weighted by atomic mass is 16.6. The van der Waals surface area contributed by atoms with Gasteiger partial charge in [-0.25, -0.2) is 4.79 Å². The highest BCUT2D eigenvalue weighted by molar-refractivity contribution is 5.65. The van der Waals surface area contributed by atoms with Crippen molar-refractivity contribution in [3.63, 3.8) is 0 Å². The second-order valence-electron chi connectivity index (χ2n) is 3.82. The highest BCUT2D eigenvalue weighted by Gasteiger charge is 2.20. The molecule has 0 heterocycles. The predicted molar refractivity (Wildman–Crippen MR) is 44.1 cm³/mol. The molecule has 0 aliphatic rings. The first-order chi connectivity index (χ1) is 5.35. The van der Waals surface area contributed by atoms with E-state index in [4.69, 9.17) is 11.0 Å². The van der Waals surface area contributed by atoms with Crippen molar-refractivity contribution in [3.8, 4) is 6.07 Å². The summed E-state index contributed by atoms with van der Waals surface area (Å²) in [5.74, 6) is 0. The van der Waals surface area contributed by atoms with Gasteiger partial charge in [-0.05, 0) is 5.41 Å². The summed E-state index contributed by atoms with van der Waals surface area (Å²) in [5, 5.41) is 8.56. The second kappa shape index (κ2) is 3.96. The third-order valence-electron chi connectivity index (χ3n) is 1.20. The zero-order valence-corrected chi connectivity index (χ0v) is 7.63. The third kappa shape index (κ3) is 5.54. The van der Waals surface area contributed by atoms with Crippen LogP contribution in [0, 0.1) is 16.7 Å². The van der Waals surface area contributed by atoms with Gasteiger partial charge in [0.05, 0.1) is 0 Å². The van der Waals surface area contributed by atoms with Crippen LogP contribution in [0.2, 0.25) is 0 Å². The van der Waals surface area contributed by atoms with Crippen LogP contribution in [0.5, 0.6) is 0 Å². The molecule has 0 aliphatic carbocycles. The summed E-state index contributed by atoms with van der Waals surface area (Å²) in [6.45, 7) is 5.88. The minimum atomic E-state index is -0.897. The van der Waals surface area contributed by atoms with Gasteiger partial charge in [0.1, 0.15) is 6.07 Å². The summed E-state index contributed by atoms with van der Waals surface area (Å²) in [6, 6.07) is 1.87. The van der Waals surface area contributed by atoms with Crippen molar-refractivity contribution in [1.82, 2.24) is 0 Å². The number of rotatable bonds is 2. The summed E-state index contributed by atoms with van der Waals surface area (Å²) < 4.78 is 4.55. The summed E-state index contributed by atoms with van der Waals surface area (Å²) in [6.07, 6.45) is -1.14. The molecule has 0 saturated heterocycles. The van der Waals surface area contributed by atoms with Crippen LogP contribution in [0.15, 0.2) is 0 Å². The van der Waals surface area contributed by atoms with Gasteiger partial charge in [0.2, 0.25) is 0 Å². The second-order valence-corrected chi connectivity index (χ2v) is 3.82. The topological polar surface area (TPSA) is 76.1 Å². The van der Waals surface area contributed by atoms with Gasteiger partial charge < -0.3 is 10.5 Å². The first kappa shape index (κ1) is 10.8. The lowest BCUT2D eigenvalue weighted by atomic mass is 9.89. The number of primary amides is 1. The molecule has 0 saturated carbocycles. The van der Waals surface area contributed by atoms with E-state index < -0.39 is 12.2 Å². The Hall–Kier alpha value is -1.24. The van der Waals surface area contributed by atoms with Crippen molar-refractivity contribution in [2.75, 3.05) is 0 Å². The van der Waals surface area contributed by atoms with Gasteiger partial charge in [-0.1, -0.05) is 20.8 Å². The molecule has 12 heavy (non-hydrogen) atoms. The maximum atomic E-state index is 10.3. The number of nitrogens with zero attached hydrogens (tertiary/aromatic N) is 1. The van der Waals surface area contributed by atoms with Crippen LogP contribution < -0.4 is 5.73 Å². The largest absolute Gasteiger partial charge is 0.431 e. The number of ether oxygens (including phenoxy) is 1. The fourth-order valence-corrected chi connectivity index (χ4v) is 0.810. The number of hydrogen-bond acceptors (Lipinski definition) is 3. The zero-order valence-electron chi connectivity index (χ0n) is 7.63. The molecule has 1 atom stereocenters. The molecule has 0 rings (SSSR count). The molecule has 68 valence electrons. The zero-order chi connectivity index (χ0) is 9.78. The molecule has 0 aromatic carbocycles. The number of amides is 1. The monoisotopic (exact) mass is 170 g/mol. The molecule has 0 aliphatic heterocycles. The lowest BCUT2D eigenvalue weighted by Gasteiger charge is -2.20. The number of nitriles is 1. The number of nitrogens with two attached hydrogens (primary N) is 1. The van der Waals surface area contributed by atoms with Crippen molar-refractivity contribution in [2.45, 2.75) is 33.3 Å². The predicted octanol–water partition coefficient (Wildman–Crippen LogP) is 1.41. The molecule has 0 fully saturated rings. The Labute approximate surface area is 72.3 Å². The number of carbonyl (C=O) groups is 1. The van der Waals surface area contributed by atoms with Crippen LogP contribution >= 0.6 is 0 Å². The van der Waals surface area contributed by atoms with Gasteiger partial charge in [-0.3, -0.25) is 0 Å². The molecule has 0 bridgehead atoms. The van der Waals surface area contributed by atoms with Gasteiger partial charge >= 0.3 is 6.09 Å². The smallest absolute Gasteiger partial charge is 0.405 e. The van der Waals surface area contributed by atoms with Gasteiger partial charge in [-0.15, -0.1) is 0 Å². The first-order valence-electron chi connectivity index (χ1n) is 3.71. The van der Waals surface area contributed by atoms with E-state index in [9.17, 15) is 4.79 Å². The molecule has 0 aromatic heterocycles. The van der Waals surface area contributed by atoms with Crippen LogP contribution in [0.25, 0.3) is 0 Å². The molecule has 4 heteroatoms. The normalized spacial score (nSPS) is 13.2. The van der Waals surface area contributed by atoms with E-state index >= 15 is 0 Å². The summed E-state index contributed by atoms with van der Waals surface area (Å²) in [5.41, 5.74) is 4.73. The molecule has 1 amide bonds. The Morgan fingerprint density at radius 1 is 1.67 bits per heavy atom.